The summed E-state index contributed by atoms with van der Waals surface area (Å²) < 4.78 is 33.9. The Hall–Kier alpha value is -3.22. The molecule has 0 radical (unpaired) electrons. The van der Waals surface area contributed by atoms with E-state index in [0.29, 0.717) is 11.1 Å². The number of nitrogens with one attached hydrogen (secondary N) is 1. The van der Waals surface area contributed by atoms with Gasteiger partial charge in [0.15, 0.2) is 0 Å². The fourth-order valence-corrected chi connectivity index (χ4v) is 2.49. The highest BCUT2D eigenvalue weighted by Gasteiger charge is 2.30. The van der Waals surface area contributed by atoms with Gasteiger partial charge in [-0.05, 0) is 36.6 Å². The molecule has 0 bridgehead atoms. The van der Waals surface area contributed by atoms with Crippen LogP contribution < -0.4 is 10.1 Å². The number of hydrogen-bond acceptors (Lipinski definition) is 4. The van der Waals surface area contributed by atoms with Gasteiger partial charge in [0.2, 0.25) is 6.10 Å². The van der Waals surface area contributed by atoms with Crippen LogP contribution in [0.1, 0.15) is 30.1 Å². The first kappa shape index (κ1) is 19.5. The first-order valence-electron chi connectivity index (χ1n) is 8.80. The van der Waals surface area contributed by atoms with Crippen molar-refractivity contribution in [3.8, 4) is 5.75 Å². The van der Waals surface area contributed by atoms with Crippen LogP contribution in [-0.2, 0) is 14.3 Å². The fraction of sp³-hybridized carbons (Fsp3) is 0.238. The zero-order valence-corrected chi connectivity index (χ0v) is 14.9. The van der Waals surface area contributed by atoms with Gasteiger partial charge in [0.05, 0.1) is 0 Å². The molecule has 2 aromatic carbocycles. The van der Waals surface area contributed by atoms with Gasteiger partial charge in [-0.1, -0.05) is 42.5 Å². The van der Waals surface area contributed by atoms with Crippen LogP contribution >= 0.6 is 0 Å². The Balaban J connectivity index is 1.64. The third-order valence-corrected chi connectivity index (χ3v) is 4.02. The molecule has 1 N–H and O–H groups in total. The number of carbonyl (C=O) groups is 2. The monoisotopic (exact) mass is 387 g/mol. The minimum absolute atomic E-state index is 0.0237. The second-order valence-corrected chi connectivity index (χ2v) is 6.29. The predicted molar refractivity (Wildman–Crippen MR) is 98.5 cm³/mol. The zero-order chi connectivity index (χ0) is 19.9. The lowest BCUT2D eigenvalue weighted by Gasteiger charge is -2.17. The van der Waals surface area contributed by atoms with Gasteiger partial charge in [-0.2, -0.15) is 8.78 Å². The summed E-state index contributed by atoms with van der Waals surface area (Å²) in [7, 11) is 0. The number of rotatable bonds is 8. The zero-order valence-electron chi connectivity index (χ0n) is 14.9. The summed E-state index contributed by atoms with van der Waals surface area (Å²) >= 11 is 0. The average Bonchev–Trinajstić information content (AvgIpc) is 3.49. The highest BCUT2D eigenvalue weighted by Crippen LogP contribution is 2.23. The van der Waals surface area contributed by atoms with E-state index in [9.17, 15) is 18.4 Å². The highest BCUT2D eigenvalue weighted by atomic mass is 19.3. The SMILES string of the molecule is O=C(/C=C/c1ccc(OC(F)F)cc1)O[C@@H](C(=O)NC1CC1)c1ccccc1. The van der Waals surface area contributed by atoms with Crippen LogP contribution in [0.2, 0.25) is 0 Å². The highest BCUT2D eigenvalue weighted by molar-refractivity contribution is 5.91. The standard InChI is InChI=1S/C21H19F2NO4/c22-21(23)27-17-11-6-14(7-12-17)8-13-18(25)28-19(15-4-2-1-3-5-15)20(26)24-16-9-10-16/h1-8,11-13,16,19,21H,9-10H2,(H,24,26)/b13-8+/t19-/m1/s1. The Kier molecular flexibility index (Phi) is 6.37. The maximum atomic E-state index is 12.4. The number of alkyl halides is 2. The topological polar surface area (TPSA) is 64.6 Å². The fourth-order valence-electron chi connectivity index (χ4n) is 2.49. The van der Waals surface area contributed by atoms with E-state index in [1.807, 2.05) is 6.07 Å². The largest absolute Gasteiger partial charge is 0.444 e. The van der Waals surface area contributed by atoms with Gasteiger partial charge in [-0.15, -0.1) is 0 Å². The molecule has 1 aliphatic carbocycles. The number of carbonyl (C=O) groups excluding carboxylic acids is 2. The summed E-state index contributed by atoms with van der Waals surface area (Å²) in [6.07, 6.45) is 3.46. The van der Waals surface area contributed by atoms with Crippen LogP contribution in [0.3, 0.4) is 0 Å². The first-order valence-corrected chi connectivity index (χ1v) is 8.80. The van der Waals surface area contributed by atoms with Crippen molar-refractivity contribution in [1.82, 2.24) is 5.32 Å². The van der Waals surface area contributed by atoms with Crippen molar-refractivity contribution in [3.63, 3.8) is 0 Å². The van der Waals surface area contributed by atoms with Crippen LogP contribution in [-0.4, -0.2) is 24.5 Å². The van der Waals surface area contributed by atoms with E-state index in [-0.39, 0.29) is 17.7 Å². The van der Waals surface area contributed by atoms with E-state index in [1.165, 1.54) is 36.4 Å². The van der Waals surface area contributed by atoms with Gasteiger partial charge in [0.1, 0.15) is 5.75 Å². The number of halogens is 2. The molecule has 146 valence electrons. The molecule has 2 aromatic rings. The Labute approximate surface area is 161 Å². The summed E-state index contributed by atoms with van der Waals surface area (Å²) in [5.41, 5.74) is 1.17. The van der Waals surface area contributed by atoms with E-state index in [4.69, 9.17) is 4.74 Å². The average molecular weight is 387 g/mol. The maximum absolute atomic E-state index is 12.4. The molecular formula is C21H19F2NO4. The summed E-state index contributed by atoms with van der Waals surface area (Å²) in [5, 5.41) is 2.84. The number of amides is 1. The molecule has 0 aromatic heterocycles. The molecule has 1 saturated carbocycles. The van der Waals surface area contributed by atoms with E-state index in [0.717, 1.165) is 12.8 Å². The van der Waals surface area contributed by atoms with E-state index < -0.39 is 18.7 Å². The molecule has 1 amide bonds. The molecule has 0 spiro atoms. The molecule has 0 heterocycles. The van der Waals surface area contributed by atoms with Crippen molar-refractivity contribution in [2.24, 2.45) is 0 Å². The summed E-state index contributed by atoms with van der Waals surface area (Å²) in [5.74, 6) is -1.02. The summed E-state index contributed by atoms with van der Waals surface area (Å²) in [6.45, 7) is -2.90. The molecule has 3 rings (SSSR count). The molecule has 0 aliphatic heterocycles. The normalized spacial score (nSPS) is 14.7. The lowest BCUT2D eigenvalue weighted by Crippen LogP contribution is -2.33. The summed E-state index contributed by atoms with van der Waals surface area (Å²) in [4.78, 5) is 24.6. The smallest absolute Gasteiger partial charge is 0.387 e. The van der Waals surface area contributed by atoms with Crippen molar-refractivity contribution in [3.05, 3.63) is 71.8 Å². The maximum Gasteiger partial charge on any atom is 0.387 e. The molecule has 1 atom stereocenters. The number of benzene rings is 2. The molecule has 7 heteroatoms. The molecule has 28 heavy (non-hydrogen) atoms. The lowest BCUT2D eigenvalue weighted by molar-refractivity contribution is -0.151. The molecule has 1 fully saturated rings. The third-order valence-electron chi connectivity index (χ3n) is 4.02. The van der Waals surface area contributed by atoms with E-state index in [2.05, 4.69) is 10.1 Å². The van der Waals surface area contributed by atoms with Crippen molar-refractivity contribution >= 4 is 18.0 Å². The van der Waals surface area contributed by atoms with E-state index in [1.54, 1.807) is 24.3 Å². The van der Waals surface area contributed by atoms with Crippen LogP contribution in [0.25, 0.3) is 6.08 Å². The lowest BCUT2D eigenvalue weighted by atomic mass is 10.1. The van der Waals surface area contributed by atoms with Gasteiger partial charge in [0.25, 0.3) is 5.91 Å². The van der Waals surface area contributed by atoms with Crippen molar-refractivity contribution in [2.45, 2.75) is 31.6 Å². The van der Waals surface area contributed by atoms with Crippen molar-refractivity contribution < 1.29 is 27.8 Å². The minimum Gasteiger partial charge on any atom is -0.444 e. The Morgan fingerprint density at radius 2 is 1.71 bits per heavy atom. The van der Waals surface area contributed by atoms with E-state index >= 15 is 0 Å². The third kappa shape index (κ3) is 5.90. The van der Waals surface area contributed by atoms with Gasteiger partial charge in [0, 0.05) is 17.7 Å². The molecule has 5 nitrogen and oxygen atoms in total. The Morgan fingerprint density at radius 3 is 2.32 bits per heavy atom. The number of hydrogen-bond donors (Lipinski definition) is 1. The van der Waals surface area contributed by atoms with Crippen molar-refractivity contribution in [1.29, 1.82) is 0 Å². The number of esters is 1. The molecular weight excluding hydrogens is 368 g/mol. The second-order valence-electron chi connectivity index (χ2n) is 6.29. The molecule has 0 unspecified atom stereocenters. The van der Waals surface area contributed by atoms with Gasteiger partial charge < -0.3 is 14.8 Å². The first-order chi connectivity index (χ1) is 13.5. The Bertz CT molecular complexity index is 833. The number of ether oxygens (including phenoxy) is 2. The van der Waals surface area contributed by atoms with Crippen LogP contribution in [0, 0.1) is 0 Å². The van der Waals surface area contributed by atoms with Crippen molar-refractivity contribution in [2.75, 3.05) is 0 Å². The molecule has 1 aliphatic rings. The van der Waals surface area contributed by atoms with Gasteiger partial charge in [-0.3, -0.25) is 4.79 Å². The molecule has 0 saturated heterocycles. The second kappa shape index (κ2) is 9.12. The van der Waals surface area contributed by atoms with Crippen LogP contribution in [0.4, 0.5) is 8.78 Å². The van der Waals surface area contributed by atoms with Crippen LogP contribution in [0.15, 0.2) is 60.7 Å². The van der Waals surface area contributed by atoms with Gasteiger partial charge >= 0.3 is 12.6 Å². The predicted octanol–water partition coefficient (Wildman–Crippen LogP) is 3.86. The van der Waals surface area contributed by atoms with Crippen LogP contribution in [0.5, 0.6) is 5.75 Å². The minimum atomic E-state index is -2.90. The Morgan fingerprint density at radius 1 is 1.04 bits per heavy atom. The van der Waals surface area contributed by atoms with Gasteiger partial charge in [-0.25, -0.2) is 4.79 Å². The summed E-state index contributed by atoms with van der Waals surface area (Å²) in [6, 6.07) is 14.7. The quantitative estimate of drug-likeness (QED) is 0.552.